The predicted molar refractivity (Wildman–Crippen MR) is 69.8 cm³/mol. The molecule has 1 fully saturated rings. The fourth-order valence-corrected chi connectivity index (χ4v) is 6.29. The highest BCUT2D eigenvalue weighted by Gasteiger charge is 2.38. The Bertz CT molecular complexity index is 183. The molecule has 1 rings (SSSR count). The monoisotopic (exact) mass is 228 g/mol. The van der Waals surface area contributed by atoms with Gasteiger partial charge in [0.1, 0.15) is 0 Å². The molecular formula is C13H28OSi. The van der Waals surface area contributed by atoms with Crippen LogP contribution in [-0.4, -0.2) is 14.4 Å². The highest BCUT2D eigenvalue weighted by atomic mass is 28.4. The molecular weight excluding hydrogens is 200 g/mol. The Kier molecular flexibility index (Phi) is 5.34. The van der Waals surface area contributed by atoms with Gasteiger partial charge in [0.25, 0.3) is 0 Å². The van der Waals surface area contributed by atoms with Gasteiger partial charge in [0.05, 0.1) is 0 Å². The molecule has 0 saturated carbocycles. The number of hydrogen-bond donors (Lipinski definition) is 0. The molecule has 0 amide bonds. The van der Waals surface area contributed by atoms with E-state index in [1.165, 1.54) is 44.6 Å². The Morgan fingerprint density at radius 3 is 2.73 bits per heavy atom. The number of rotatable bonds is 5. The zero-order chi connectivity index (χ0) is 11.3. The van der Waals surface area contributed by atoms with E-state index in [9.17, 15) is 0 Å². The van der Waals surface area contributed by atoms with E-state index in [-0.39, 0.29) is 0 Å². The summed E-state index contributed by atoms with van der Waals surface area (Å²) < 4.78 is 6.31. The normalized spacial score (nSPS) is 34.0. The average Bonchev–Trinajstić information content (AvgIpc) is 2.17. The van der Waals surface area contributed by atoms with Gasteiger partial charge in [-0.15, -0.1) is 0 Å². The van der Waals surface area contributed by atoms with Crippen molar-refractivity contribution >= 4 is 8.32 Å². The lowest BCUT2D eigenvalue weighted by atomic mass is 10.2. The molecule has 15 heavy (non-hydrogen) atoms. The highest BCUT2D eigenvalue weighted by molar-refractivity contribution is 6.74. The summed E-state index contributed by atoms with van der Waals surface area (Å²) >= 11 is 0. The molecule has 1 saturated heterocycles. The molecule has 1 heterocycles. The van der Waals surface area contributed by atoms with Crippen molar-refractivity contribution in [2.24, 2.45) is 0 Å². The van der Waals surface area contributed by atoms with E-state index in [4.69, 9.17) is 4.43 Å². The van der Waals surface area contributed by atoms with Gasteiger partial charge in [-0.25, -0.2) is 0 Å². The summed E-state index contributed by atoms with van der Waals surface area (Å²) in [6.07, 6.45) is 8.74. The summed E-state index contributed by atoms with van der Waals surface area (Å²) in [6.45, 7) is 9.42. The van der Waals surface area contributed by atoms with Gasteiger partial charge in [0.2, 0.25) is 0 Å². The molecule has 90 valence electrons. The third-order valence-corrected chi connectivity index (χ3v) is 8.70. The second-order valence-corrected chi connectivity index (χ2v) is 9.88. The molecule has 3 atom stereocenters. The standard InChI is InChI=1S/C13H28OSi/c1-5-6-7-10-13(3)15(4)11-8-9-12(2)14-15/h12-13H,5-11H2,1-4H3. The van der Waals surface area contributed by atoms with E-state index in [1.807, 2.05) is 0 Å². The van der Waals surface area contributed by atoms with Crippen LogP contribution < -0.4 is 0 Å². The summed E-state index contributed by atoms with van der Waals surface area (Å²) in [5, 5.41) is 0. The molecule has 0 spiro atoms. The summed E-state index contributed by atoms with van der Waals surface area (Å²) in [5.74, 6) is 0. The summed E-state index contributed by atoms with van der Waals surface area (Å²) in [4.78, 5) is 0. The lowest BCUT2D eigenvalue weighted by Gasteiger charge is -2.40. The second-order valence-electron chi connectivity index (χ2n) is 5.53. The van der Waals surface area contributed by atoms with Gasteiger partial charge in [-0.3, -0.25) is 0 Å². The predicted octanol–water partition coefficient (Wildman–Crippen LogP) is 4.73. The van der Waals surface area contributed by atoms with Crippen molar-refractivity contribution in [3.63, 3.8) is 0 Å². The van der Waals surface area contributed by atoms with Gasteiger partial charge in [0.15, 0.2) is 8.32 Å². The topological polar surface area (TPSA) is 9.23 Å². The molecule has 2 heteroatoms. The van der Waals surface area contributed by atoms with Crippen LogP contribution in [-0.2, 0) is 4.43 Å². The van der Waals surface area contributed by atoms with Crippen LogP contribution in [0.25, 0.3) is 0 Å². The minimum absolute atomic E-state index is 0.532. The van der Waals surface area contributed by atoms with Crippen LogP contribution in [0.1, 0.15) is 59.3 Å². The van der Waals surface area contributed by atoms with Crippen molar-refractivity contribution in [1.82, 2.24) is 0 Å². The number of unbranched alkanes of at least 4 members (excludes halogenated alkanes) is 2. The maximum atomic E-state index is 6.31. The van der Waals surface area contributed by atoms with Crippen LogP contribution in [0.2, 0.25) is 18.1 Å². The Labute approximate surface area is 96.7 Å². The summed E-state index contributed by atoms with van der Waals surface area (Å²) in [6, 6.07) is 1.39. The zero-order valence-electron chi connectivity index (χ0n) is 11.0. The van der Waals surface area contributed by atoms with Crippen LogP contribution in [0.4, 0.5) is 0 Å². The van der Waals surface area contributed by atoms with E-state index < -0.39 is 8.32 Å². The first-order valence-corrected chi connectivity index (χ1v) is 9.45. The number of hydrogen-bond acceptors (Lipinski definition) is 1. The molecule has 1 aliphatic heterocycles. The molecule has 1 nitrogen and oxygen atoms in total. The summed E-state index contributed by atoms with van der Waals surface area (Å²) in [5.41, 5.74) is 0.854. The Hall–Kier alpha value is 0.177. The van der Waals surface area contributed by atoms with Crippen LogP contribution in [0, 0.1) is 0 Å². The third kappa shape index (κ3) is 3.91. The third-order valence-electron chi connectivity index (χ3n) is 4.04. The van der Waals surface area contributed by atoms with Crippen molar-refractivity contribution in [1.29, 1.82) is 0 Å². The van der Waals surface area contributed by atoms with Gasteiger partial charge in [-0.1, -0.05) is 46.0 Å². The lowest BCUT2D eigenvalue weighted by molar-refractivity contribution is 0.170. The fraction of sp³-hybridized carbons (Fsp3) is 1.00. The molecule has 3 unspecified atom stereocenters. The van der Waals surface area contributed by atoms with Gasteiger partial charge >= 0.3 is 0 Å². The van der Waals surface area contributed by atoms with Crippen LogP contribution in [0.15, 0.2) is 0 Å². The van der Waals surface area contributed by atoms with Crippen molar-refractivity contribution in [2.75, 3.05) is 0 Å². The Balaban J connectivity index is 2.37. The van der Waals surface area contributed by atoms with Gasteiger partial charge < -0.3 is 4.43 Å². The molecule has 0 aromatic heterocycles. The fourth-order valence-electron chi connectivity index (χ4n) is 2.69. The van der Waals surface area contributed by atoms with E-state index in [0.29, 0.717) is 6.10 Å². The minimum Gasteiger partial charge on any atom is -0.414 e. The van der Waals surface area contributed by atoms with Gasteiger partial charge in [0, 0.05) is 6.10 Å². The molecule has 0 aliphatic carbocycles. The van der Waals surface area contributed by atoms with Crippen molar-refractivity contribution in [3.05, 3.63) is 0 Å². The Morgan fingerprint density at radius 1 is 1.40 bits per heavy atom. The van der Waals surface area contributed by atoms with E-state index in [1.54, 1.807) is 0 Å². The zero-order valence-corrected chi connectivity index (χ0v) is 12.0. The van der Waals surface area contributed by atoms with Crippen molar-refractivity contribution in [2.45, 2.75) is 83.5 Å². The van der Waals surface area contributed by atoms with E-state index in [2.05, 4.69) is 27.3 Å². The molecule has 0 aromatic rings. The van der Waals surface area contributed by atoms with Crippen molar-refractivity contribution in [3.8, 4) is 0 Å². The quantitative estimate of drug-likeness (QED) is 0.488. The van der Waals surface area contributed by atoms with Crippen LogP contribution in [0.3, 0.4) is 0 Å². The molecule has 0 N–H and O–H groups in total. The van der Waals surface area contributed by atoms with Crippen LogP contribution in [0.5, 0.6) is 0 Å². The largest absolute Gasteiger partial charge is 0.414 e. The SMILES string of the molecule is CCCCCC(C)[Si]1(C)CCCC(C)O1. The highest BCUT2D eigenvalue weighted by Crippen LogP contribution is 2.37. The maximum absolute atomic E-state index is 6.31. The first-order chi connectivity index (χ1) is 7.08. The van der Waals surface area contributed by atoms with Crippen LogP contribution >= 0.6 is 0 Å². The van der Waals surface area contributed by atoms with Gasteiger partial charge in [-0.05, 0) is 31.5 Å². The van der Waals surface area contributed by atoms with E-state index in [0.717, 1.165) is 5.54 Å². The first kappa shape index (κ1) is 13.2. The lowest BCUT2D eigenvalue weighted by Crippen LogP contribution is -2.44. The van der Waals surface area contributed by atoms with E-state index >= 15 is 0 Å². The average molecular weight is 228 g/mol. The molecule has 1 aliphatic rings. The smallest absolute Gasteiger partial charge is 0.192 e. The first-order valence-electron chi connectivity index (χ1n) is 6.76. The second kappa shape index (κ2) is 6.05. The minimum atomic E-state index is -1.35. The molecule has 0 bridgehead atoms. The Morgan fingerprint density at radius 2 is 2.13 bits per heavy atom. The summed E-state index contributed by atoms with van der Waals surface area (Å²) in [7, 11) is -1.35. The van der Waals surface area contributed by atoms with Crippen molar-refractivity contribution < 1.29 is 4.43 Å². The molecule has 0 aromatic carbocycles. The van der Waals surface area contributed by atoms with Gasteiger partial charge in [-0.2, -0.15) is 0 Å². The maximum Gasteiger partial charge on any atom is 0.192 e. The molecule has 0 radical (unpaired) electrons.